The van der Waals surface area contributed by atoms with E-state index in [1.807, 2.05) is 6.92 Å². The van der Waals surface area contributed by atoms with Gasteiger partial charge in [-0.2, -0.15) is 0 Å². The van der Waals surface area contributed by atoms with Crippen molar-refractivity contribution in [3.05, 3.63) is 0 Å². The fourth-order valence-electron chi connectivity index (χ4n) is 1.61. The second-order valence-corrected chi connectivity index (χ2v) is 3.59. The van der Waals surface area contributed by atoms with Gasteiger partial charge in [0.1, 0.15) is 0 Å². The highest BCUT2D eigenvalue weighted by Crippen LogP contribution is 2.13. The molecule has 2 aliphatic heterocycles. The molecule has 5 nitrogen and oxygen atoms in total. The topological polar surface area (TPSA) is 53.1 Å². The molecule has 0 bridgehead atoms. The highest BCUT2D eigenvalue weighted by molar-refractivity contribution is 6.35. The summed E-state index contributed by atoms with van der Waals surface area (Å²) in [7, 11) is 0. The van der Waals surface area contributed by atoms with E-state index in [2.05, 4.69) is 0 Å². The molecule has 2 saturated heterocycles. The maximum Gasteiger partial charge on any atom is 0.312 e. The molecule has 2 amide bonds. The normalized spacial score (nSPS) is 27.1. The average molecular weight is 198 g/mol. The summed E-state index contributed by atoms with van der Waals surface area (Å²) in [6, 6.07) is 0. The van der Waals surface area contributed by atoms with Crippen LogP contribution in [-0.4, -0.2) is 60.5 Å². The maximum absolute atomic E-state index is 11.5. The van der Waals surface area contributed by atoms with Crippen LogP contribution in [0.5, 0.6) is 0 Å². The van der Waals surface area contributed by atoms with Crippen molar-refractivity contribution in [3.8, 4) is 0 Å². The van der Waals surface area contributed by atoms with Gasteiger partial charge in [0, 0.05) is 26.2 Å². The van der Waals surface area contributed by atoms with Gasteiger partial charge in [0.15, 0.2) is 0 Å². The van der Waals surface area contributed by atoms with Crippen LogP contribution in [0.25, 0.3) is 0 Å². The van der Waals surface area contributed by atoms with Gasteiger partial charge in [-0.1, -0.05) is 0 Å². The molecule has 2 aliphatic rings. The Morgan fingerprint density at radius 1 is 1.29 bits per heavy atom. The van der Waals surface area contributed by atoms with Crippen LogP contribution in [0.15, 0.2) is 0 Å². The van der Waals surface area contributed by atoms with Gasteiger partial charge in [0.2, 0.25) is 0 Å². The maximum atomic E-state index is 11.5. The first-order valence-corrected chi connectivity index (χ1v) is 4.92. The highest BCUT2D eigenvalue weighted by Gasteiger charge is 2.35. The zero-order valence-corrected chi connectivity index (χ0v) is 8.23. The zero-order chi connectivity index (χ0) is 10.1. The predicted molar refractivity (Wildman–Crippen MR) is 48.6 cm³/mol. The summed E-state index contributed by atoms with van der Waals surface area (Å²) in [5.41, 5.74) is 0. The molecule has 1 unspecified atom stereocenters. The molecule has 78 valence electrons. The van der Waals surface area contributed by atoms with Crippen molar-refractivity contribution in [2.24, 2.45) is 0 Å². The Morgan fingerprint density at radius 3 is 2.43 bits per heavy atom. The fourth-order valence-corrected chi connectivity index (χ4v) is 1.61. The monoisotopic (exact) mass is 198 g/mol. The summed E-state index contributed by atoms with van der Waals surface area (Å²) >= 11 is 0. The minimum absolute atomic E-state index is 0.167. The third-order valence-corrected chi connectivity index (χ3v) is 2.61. The number of rotatable bonds is 3. The third-order valence-electron chi connectivity index (χ3n) is 2.61. The molecule has 2 heterocycles. The van der Waals surface area contributed by atoms with Crippen LogP contribution in [0.3, 0.4) is 0 Å². The van der Waals surface area contributed by atoms with E-state index in [1.54, 1.807) is 9.80 Å². The van der Waals surface area contributed by atoms with Crippen molar-refractivity contribution in [1.29, 1.82) is 0 Å². The van der Waals surface area contributed by atoms with Crippen LogP contribution < -0.4 is 0 Å². The molecule has 0 radical (unpaired) electrons. The number of hydrogen-bond donors (Lipinski definition) is 0. The molecule has 2 rings (SSSR count). The summed E-state index contributed by atoms with van der Waals surface area (Å²) in [4.78, 5) is 26.2. The summed E-state index contributed by atoms with van der Waals surface area (Å²) in [6.45, 7) is 5.06. The number of ether oxygens (including phenoxy) is 1. The Balaban J connectivity index is 1.95. The molecule has 0 saturated carbocycles. The molecule has 1 atom stereocenters. The second-order valence-electron chi connectivity index (χ2n) is 3.59. The molecule has 2 fully saturated rings. The lowest BCUT2D eigenvalue weighted by atomic mass is 10.2. The van der Waals surface area contributed by atoms with Gasteiger partial charge in [-0.3, -0.25) is 9.59 Å². The van der Waals surface area contributed by atoms with Gasteiger partial charge in [-0.25, -0.2) is 0 Å². The highest BCUT2D eigenvalue weighted by atomic mass is 16.6. The van der Waals surface area contributed by atoms with E-state index in [1.165, 1.54) is 0 Å². The van der Waals surface area contributed by atoms with Crippen LogP contribution in [-0.2, 0) is 14.3 Å². The van der Waals surface area contributed by atoms with E-state index in [9.17, 15) is 9.59 Å². The number of epoxide rings is 1. The van der Waals surface area contributed by atoms with Crippen molar-refractivity contribution >= 4 is 11.8 Å². The SMILES string of the molecule is CCN1CCN(CC2CO2)C(=O)C1=O. The van der Waals surface area contributed by atoms with Gasteiger partial charge < -0.3 is 14.5 Å². The van der Waals surface area contributed by atoms with Crippen LogP contribution in [0.2, 0.25) is 0 Å². The van der Waals surface area contributed by atoms with E-state index in [4.69, 9.17) is 4.74 Å². The Bertz CT molecular complexity index is 263. The summed E-state index contributed by atoms with van der Waals surface area (Å²) in [6.07, 6.45) is 0.167. The number of amides is 2. The Kier molecular flexibility index (Phi) is 2.41. The largest absolute Gasteiger partial charge is 0.371 e. The lowest BCUT2D eigenvalue weighted by molar-refractivity contribution is -0.155. The molecular formula is C9H14N2O3. The minimum Gasteiger partial charge on any atom is -0.371 e. The first-order chi connectivity index (χ1) is 6.72. The van der Waals surface area contributed by atoms with Gasteiger partial charge in [-0.15, -0.1) is 0 Å². The van der Waals surface area contributed by atoms with E-state index in [0.29, 0.717) is 26.2 Å². The molecule has 0 aliphatic carbocycles. The minimum atomic E-state index is -0.381. The summed E-state index contributed by atoms with van der Waals surface area (Å²) in [5, 5.41) is 0. The molecule has 0 N–H and O–H groups in total. The van der Waals surface area contributed by atoms with Gasteiger partial charge >= 0.3 is 11.8 Å². The molecule has 0 aromatic carbocycles. The molecule has 0 aromatic heterocycles. The Labute approximate surface area is 82.6 Å². The number of piperazine rings is 1. The van der Waals surface area contributed by atoms with Crippen LogP contribution in [0.1, 0.15) is 6.92 Å². The predicted octanol–water partition coefficient (Wildman–Crippen LogP) is -0.924. The molecule has 5 heteroatoms. The summed E-state index contributed by atoms with van der Waals surface area (Å²) < 4.78 is 5.03. The van der Waals surface area contributed by atoms with E-state index >= 15 is 0 Å². The van der Waals surface area contributed by atoms with Crippen molar-refractivity contribution in [2.75, 3.05) is 32.8 Å². The molecular weight excluding hydrogens is 184 g/mol. The smallest absolute Gasteiger partial charge is 0.312 e. The van der Waals surface area contributed by atoms with Crippen LogP contribution in [0.4, 0.5) is 0 Å². The number of likely N-dealkylation sites (N-methyl/N-ethyl adjacent to an activating group) is 1. The second kappa shape index (κ2) is 3.57. The van der Waals surface area contributed by atoms with Gasteiger partial charge in [-0.05, 0) is 6.92 Å². The standard InChI is InChI=1S/C9H14N2O3/c1-2-10-3-4-11(5-7-6-14-7)9(13)8(10)12/h7H,2-6H2,1H3. The number of nitrogens with zero attached hydrogens (tertiary/aromatic N) is 2. The van der Waals surface area contributed by atoms with E-state index in [-0.39, 0.29) is 17.9 Å². The van der Waals surface area contributed by atoms with E-state index in [0.717, 1.165) is 6.61 Å². The van der Waals surface area contributed by atoms with Crippen LogP contribution in [0, 0.1) is 0 Å². The number of carbonyl (C=O) groups excluding carboxylic acids is 2. The van der Waals surface area contributed by atoms with E-state index < -0.39 is 0 Å². The number of hydrogen-bond acceptors (Lipinski definition) is 3. The first kappa shape index (κ1) is 9.45. The quantitative estimate of drug-likeness (QED) is 0.435. The lowest BCUT2D eigenvalue weighted by Gasteiger charge is -2.32. The van der Waals surface area contributed by atoms with Crippen molar-refractivity contribution < 1.29 is 14.3 Å². The Morgan fingerprint density at radius 2 is 1.86 bits per heavy atom. The summed E-state index contributed by atoms with van der Waals surface area (Å²) in [5.74, 6) is -0.756. The van der Waals surface area contributed by atoms with Crippen molar-refractivity contribution in [3.63, 3.8) is 0 Å². The third kappa shape index (κ3) is 1.72. The molecule has 0 spiro atoms. The molecule has 14 heavy (non-hydrogen) atoms. The average Bonchev–Trinajstić information content (AvgIpc) is 2.97. The van der Waals surface area contributed by atoms with Crippen molar-refractivity contribution in [1.82, 2.24) is 9.80 Å². The zero-order valence-electron chi connectivity index (χ0n) is 8.23. The Hall–Kier alpha value is -1.10. The van der Waals surface area contributed by atoms with Crippen LogP contribution >= 0.6 is 0 Å². The number of carbonyl (C=O) groups is 2. The lowest BCUT2D eigenvalue weighted by Crippen LogP contribution is -2.54. The first-order valence-electron chi connectivity index (χ1n) is 4.92. The van der Waals surface area contributed by atoms with Gasteiger partial charge in [0.05, 0.1) is 12.7 Å². The van der Waals surface area contributed by atoms with Gasteiger partial charge in [0.25, 0.3) is 0 Å². The fraction of sp³-hybridized carbons (Fsp3) is 0.778. The molecule has 0 aromatic rings. The van der Waals surface area contributed by atoms with Crippen molar-refractivity contribution in [2.45, 2.75) is 13.0 Å².